The average molecular weight is 381 g/mol. The summed E-state index contributed by atoms with van der Waals surface area (Å²) in [5.41, 5.74) is 0.642. The molecule has 0 radical (unpaired) electrons. The molecule has 3 rings (SSSR count). The Balaban J connectivity index is 1.99. The SMILES string of the molecule is CSc1nc2ccc(NS(=O)(=O)c3ccccc3[N+](=O)[O-])cc2s1. The number of sulfonamides is 1. The third-order valence-electron chi connectivity index (χ3n) is 3.15. The number of aromatic nitrogens is 1. The number of fused-ring (bicyclic) bond motifs is 1. The molecule has 1 N–H and O–H groups in total. The first-order valence-corrected chi connectivity index (χ1v) is 10.1. The molecular weight excluding hydrogens is 370 g/mol. The van der Waals surface area contributed by atoms with E-state index >= 15 is 0 Å². The number of hydrogen-bond donors (Lipinski definition) is 1. The third-order valence-corrected chi connectivity index (χ3v) is 6.58. The largest absolute Gasteiger partial charge is 0.289 e. The maximum Gasteiger partial charge on any atom is 0.289 e. The van der Waals surface area contributed by atoms with Crippen LogP contribution in [0.3, 0.4) is 0 Å². The van der Waals surface area contributed by atoms with Crippen molar-refractivity contribution >= 4 is 54.7 Å². The lowest BCUT2D eigenvalue weighted by Crippen LogP contribution is -2.14. The van der Waals surface area contributed by atoms with E-state index in [0.29, 0.717) is 5.69 Å². The number of thiazole rings is 1. The minimum atomic E-state index is -4.07. The molecule has 0 saturated heterocycles. The summed E-state index contributed by atoms with van der Waals surface area (Å²) in [6, 6.07) is 10.2. The highest BCUT2D eigenvalue weighted by Gasteiger charge is 2.25. The topological polar surface area (TPSA) is 102 Å². The summed E-state index contributed by atoms with van der Waals surface area (Å²) in [6.07, 6.45) is 1.91. The van der Waals surface area contributed by atoms with Crippen LogP contribution in [0.4, 0.5) is 11.4 Å². The van der Waals surface area contributed by atoms with Crippen LogP contribution in [0, 0.1) is 10.1 Å². The fourth-order valence-corrected chi connectivity index (χ4v) is 4.85. The number of nitro groups is 1. The molecule has 0 aliphatic carbocycles. The van der Waals surface area contributed by atoms with Gasteiger partial charge in [0.15, 0.2) is 9.24 Å². The summed E-state index contributed by atoms with van der Waals surface area (Å²) >= 11 is 2.96. The van der Waals surface area contributed by atoms with Crippen LogP contribution < -0.4 is 4.72 Å². The second kappa shape index (κ2) is 6.38. The number of para-hydroxylation sites is 1. The third kappa shape index (κ3) is 3.21. The predicted octanol–water partition coefficient (Wildman–Crippen LogP) is 3.73. The van der Waals surface area contributed by atoms with Crippen LogP contribution in [0.15, 0.2) is 51.7 Å². The fourth-order valence-electron chi connectivity index (χ4n) is 2.10. The van der Waals surface area contributed by atoms with Gasteiger partial charge in [-0.25, -0.2) is 13.4 Å². The van der Waals surface area contributed by atoms with Gasteiger partial charge in [-0.05, 0) is 30.5 Å². The molecule has 124 valence electrons. The molecule has 0 aliphatic rings. The molecule has 1 aromatic heterocycles. The van der Waals surface area contributed by atoms with E-state index in [-0.39, 0.29) is 4.90 Å². The minimum absolute atomic E-state index is 0.331. The summed E-state index contributed by atoms with van der Waals surface area (Å²) in [6.45, 7) is 0. The zero-order chi connectivity index (χ0) is 17.3. The smallest absolute Gasteiger partial charge is 0.279 e. The molecular formula is C14H11N3O4S3. The Morgan fingerprint density at radius 1 is 1.25 bits per heavy atom. The van der Waals surface area contributed by atoms with Crippen molar-refractivity contribution in [1.82, 2.24) is 4.98 Å². The number of nitro benzene ring substituents is 1. The Morgan fingerprint density at radius 2 is 2.00 bits per heavy atom. The zero-order valence-electron chi connectivity index (χ0n) is 12.3. The maximum atomic E-state index is 12.5. The van der Waals surface area contributed by atoms with Gasteiger partial charge in [0.05, 0.1) is 20.8 Å². The van der Waals surface area contributed by atoms with Crippen molar-refractivity contribution in [2.24, 2.45) is 0 Å². The number of anilines is 1. The molecule has 0 bridgehead atoms. The Morgan fingerprint density at radius 3 is 2.71 bits per heavy atom. The van der Waals surface area contributed by atoms with E-state index in [1.54, 1.807) is 18.2 Å². The van der Waals surface area contributed by atoms with Crippen molar-refractivity contribution in [2.75, 3.05) is 11.0 Å². The molecule has 0 saturated carbocycles. The lowest BCUT2D eigenvalue weighted by atomic mass is 10.3. The molecule has 0 aliphatic heterocycles. The predicted molar refractivity (Wildman–Crippen MR) is 95.3 cm³/mol. The van der Waals surface area contributed by atoms with Crippen LogP contribution in [0.2, 0.25) is 0 Å². The quantitative estimate of drug-likeness (QED) is 0.410. The molecule has 0 spiro atoms. The molecule has 0 amide bonds. The molecule has 24 heavy (non-hydrogen) atoms. The summed E-state index contributed by atoms with van der Waals surface area (Å²) in [4.78, 5) is 14.3. The van der Waals surface area contributed by atoms with Crippen LogP contribution in [0.1, 0.15) is 0 Å². The van der Waals surface area contributed by atoms with E-state index in [1.807, 2.05) is 6.26 Å². The highest BCUT2D eigenvalue weighted by atomic mass is 32.2. The van der Waals surface area contributed by atoms with Gasteiger partial charge in [-0.1, -0.05) is 23.9 Å². The van der Waals surface area contributed by atoms with Crippen molar-refractivity contribution in [2.45, 2.75) is 9.24 Å². The normalized spacial score (nSPS) is 11.5. The Labute approximate surface area is 145 Å². The standard InChI is InChI=1S/C14H11N3O4S3/c1-22-14-15-10-7-6-9(8-12(10)23-14)16-24(20,21)13-5-3-2-4-11(13)17(18)19/h2-8,16H,1H3. The van der Waals surface area contributed by atoms with Crippen LogP contribution in [-0.2, 0) is 10.0 Å². The molecule has 7 nitrogen and oxygen atoms in total. The minimum Gasteiger partial charge on any atom is -0.279 e. The second-order valence-corrected chi connectivity index (χ2v) is 8.43. The van der Waals surface area contributed by atoms with Gasteiger partial charge in [-0.2, -0.15) is 0 Å². The van der Waals surface area contributed by atoms with Crippen LogP contribution in [-0.4, -0.2) is 24.6 Å². The number of rotatable bonds is 5. The number of thioether (sulfide) groups is 1. The van der Waals surface area contributed by atoms with Gasteiger partial charge >= 0.3 is 0 Å². The number of benzene rings is 2. The summed E-state index contributed by atoms with van der Waals surface area (Å²) < 4.78 is 29.1. The van der Waals surface area contributed by atoms with E-state index in [2.05, 4.69) is 9.71 Å². The highest BCUT2D eigenvalue weighted by Crippen LogP contribution is 2.31. The molecule has 1 heterocycles. The number of nitrogens with one attached hydrogen (secondary N) is 1. The van der Waals surface area contributed by atoms with Gasteiger partial charge in [-0.15, -0.1) is 11.3 Å². The summed E-state index contributed by atoms with van der Waals surface area (Å²) in [7, 11) is -4.07. The first kappa shape index (κ1) is 16.7. The van der Waals surface area contributed by atoms with Gasteiger partial charge < -0.3 is 0 Å². The van der Waals surface area contributed by atoms with Crippen molar-refractivity contribution in [3.8, 4) is 0 Å². The fraction of sp³-hybridized carbons (Fsp3) is 0.0714. The molecule has 0 atom stereocenters. The van der Waals surface area contributed by atoms with Gasteiger partial charge in [0.25, 0.3) is 15.7 Å². The lowest BCUT2D eigenvalue weighted by molar-refractivity contribution is -0.387. The Kier molecular flexibility index (Phi) is 4.43. The molecule has 2 aromatic carbocycles. The summed E-state index contributed by atoms with van der Waals surface area (Å²) in [5, 5.41) is 11.0. The highest BCUT2D eigenvalue weighted by molar-refractivity contribution is 8.00. The van der Waals surface area contributed by atoms with Gasteiger partial charge in [0.2, 0.25) is 0 Å². The molecule has 0 fully saturated rings. The first-order chi connectivity index (χ1) is 11.4. The van der Waals surface area contributed by atoms with Crippen molar-refractivity contribution in [1.29, 1.82) is 0 Å². The average Bonchev–Trinajstić information content (AvgIpc) is 2.97. The Bertz CT molecular complexity index is 1030. The monoisotopic (exact) mass is 381 g/mol. The van der Waals surface area contributed by atoms with Crippen molar-refractivity contribution in [3.63, 3.8) is 0 Å². The van der Waals surface area contributed by atoms with Gasteiger partial charge in [0, 0.05) is 6.07 Å². The van der Waals surface area contributed by atoms with E-state index in [4.69, 9.17) is 0 Å². The second-order valence-electron chi connectivity index (χ2n) is 4.70. The van der Waals surface area contributed by atoms with E-state index in [1.165, 1.54) is 41.3 Å². The maximum absolute atomic E-state index is 12.5. The molecule has 3 aromatic rings. The van der Waals surface area contributed by atoms with Gasteiger partial charge in [0.1, 0.15) is 0 Å². The van der Waals surface area contributed by atoms with Gasteiger partial charge in [-0.3, -0.25) is 14.8 Å². The van der Waals surface area contributed by atoms with Crippen molar-refractivity contribution < 1.29 is 13.3 Å². The first-order valence-electron chi connectivity index (χ1n) is 6.61. The van der Waals surface area contributed by atoms with E-state index < -0.39 is 20.6 Å². The summed E-state index contributed by atoms with van der Waals surface area (Å²) in [5.74, 6) is 0. The number of hydrogen-bond acceptors (Lipinski definition) is 7. The van der Waals surface area contributed by atoms with E-state index in [9.17, 15) is 18.5 Å². The number of nitrogens with zero attached hydrogens (tertiary/aromatic N) is 2. The zero-order valence-corrected chi connectivity index (χ0v) is 14.7. The van der Waals surface area contributed by atoms with Crippen molar-refractivity contribution in [3.05, 3.63) is 52.6 Å². The van der Waals surface area contributed by atoms with E-state index in [0.717, 1.165) is 20.6 Å². The molecule has 10 heteroatoms. The lowest BCUT2D eigenvalue weighted by Gasteiger charge is -2.08. The van der Waals surface area contributed by atoms with Crippen LogP contribution >= 0.6 is 23.1 Å². The Hall–Kier alpha value is -2.17. The van der Waals surface area contributed by atoms with Crippen LogP contribution in [0.5, 0.6) is 0 Å². The molecule has 0 unspecified atom stereocenters. The van der Waals surface area contributed by atoms with Crippen LogP contribution in [0.25, 0.3) is 10.2 Å².